The summed E-state index contributed by atoms with van der Waals surface area (Å²) in [4.78, 5) is 12.0. The van der Waals surface area contributed by atoms with Crippen LogP contribution >= 0.6 is 0 Å². The second-order valence-electron chi connectivity index (χ2n) is 5.19. The minimum atomic E-state index is -0.335. The molecule has 5 nitrogen and oxygen atoms in total. The lowest BCUT2D eigenvalue weighted by Crippen LogP contribution is -2.27. The SMILES string of the molecule is Cc1c(NCCOc2cccc(F)c2)cccc1C(=O)NCCO. The molecule has 2 rings (SSSR count). The Hall–Kier alpha value is -2.60. The molecule has 0 aliphatic carbocycles. The molecule has 24 heavy (non-hydrogen) atoms. The number of ether oxygens (including phenoxy) is 1. The van der Waals surface area contributed by atoms with Crippen LogP contribution in [0.3, 0.4) is 0 Å². The van der Waals surface area contributed by atoms with Crippen LogP contribution in [-0.4, -0.2) is 37.3 Å². The van der Waals surface area contributed by atoms with Gasteiger partial charge in [0.2, 0.25) is 0 Å². The molecule has 0 saturated heterocycles. The first-order valence-corrected chi connectivity index (χ1v) is 7.72. The van der Waals surface area contributed by atoms with Gasteiger partial charge in [-0.05, 0) is 36.8 Å². The summed E-state index contributed by atoms with van der Waals surface area (Å²) in [5.74, 6) is -0.0789. The zero-order valence-corrected chi connectivity index (χ0v) is 13.5. The van der Waals surface area contributed by atoms with Gasteiger partial charge in [-0.15, -0.1) is 0 Å². The van der Waals surface area contributed by atoms with E-state index in [2.05, 4.69) is 10.6 Å². The molecule has 0 saturated carbocycles. The van der Waals surface area contributed by atoms with Crippen LogP contribution in [0.15, 0.2) is 42.5 Å². The maximum absolute atomic E-state index is 13.1. The standard InChI is InChI=1S/C18H21FN2O3/c1-13-16(18(23)21-8-10-22)6-3-7-17(13)20-9-11-24-15-5-2-4-14(19)12-15/h2-7,12,20,22H,8-11H2,1H3,(H,21,23). The molecule has 0 radical (unpaired) electrons. The van der Waals surface area contributed by atoms with Crippen molar-refractivity contribution in [2.24, 2.45) is 0 Å². The highest BCUT2D eigenvalue weighted by molar-refractivity contribution is 5.97. The van der Waals surface area contributed by atoms with Crippen molar-refractivity contribution in [2.45, 2.75) is 6.92 Å². The van der Waals surface area contributed by atoms with Crippen LogP contribution in [0.5, 0.6) is 5.75 Å². The van der Waals surface area contributed by atoms with Gasteiger partial charge < -0.3 is 20.5 Å². The number of rotatable bonds is 8. The van der Waals surface area contributed by atoms with E-state index >= 15 is 0 Å². The summed E-state index contributed by atoms with van der Waals surface area (Å²) in [5, 5.41) is 14.6. The Morgan fingerprint density at radius 1 is 1.21 bits per heavy atom. The van der Waals surface area contributed by atoms with Crippen molar-refractivity contribution in [3.63, 3.8) is 0 Å². The van der Waals surface area contributed by atoms with Crippen LogP contribution in [0.2, 0.25) is 0 Å². The van der Waals surface area contributed by atoms with E-state index in [0.29, 0.717) is 24.5 Å². The summed E-state index contributed by atoms with van der Waals surface area (Å²) < 4.78 is 18.5. The number of carbonyl (C=O) groups is 1. The molecule has 0 spiro atoms. The molecule has 0 unspecified atom stereocenters. The van der Waals surface area contributed by atoms with Crippen molar-refractivity contribution < 1.29 is 19.0 Å². The zero-order valence-electron chi connectivity index (χ0n) is 13.5. The molecule has 0 aliphatic heterocycles. The summed E-state index contributed by atoms with van der Waals surface area (Å²) in [6.07, 6.45) is 0. The number of nitrogens with one attached hydrogen (secondary N) is 2. The molecule has 0 aromatic heterocycles. The van der Waals surface area contributed by atoms with Crippen molar-refractivity contribution >= 4 is 11.6 Å². The van der Waals surface area contributed by atoms with Crippen LogP contribution in [0.25, 0.3) is 0 Å². The third kappa shape index (κ3) is 4.96. The first kappa shape index (κ1) is 17.7. The van der Waals surface area contributed by atoms with Gasteiger partial charge in [-0.1, -0.05) is 12.1 Å². The van der Waals surface area contributed by atoms with E-state index < -0.39 is 0 Å². The van der Waals surface area contributed by atoms with Crippen molar-refractivity contribution in [3.05, 3.63) is 59.4 Å². The van der Waals surface area contributed by atoms with E-state index in [1.54, 1.807) is 24.3 Å². The number of aliphatic hydroxyl groups excluding tert-OH is 1. The number of carbonyl (C=O) groups excluding carboxylic acids is 1. The van der Waals surface area contributed by atoms with E-state index in [4.69, 9.17) is 9.84 Å². The van der Waals surface area contributed by atoms with Gasteiger partial charge in [0.05, 0.1) is 6.61 Å². The summed E-state index contributed by atoms with van der Waals surface area (Å²) in [6, 6.07) is 11.4. The van der Waals surface area contributed by atoms with Crippen LogP contribution < -0.4 is 15.4 Å². The molecule has 0 heterocycles. The fraction of sp³-hybridized carbons (Fsp3) is 0.278. The largest absolute Gasteiger partial charge is 0.492 e. The summed E-state index contributed by atoms with van der Waals surface area (Å²) in [6.45, 7) is 2.85. The molecule has 0 fully saturated rings. The molecular formula is C18H21FN2O3. The smallest absolute Gasteiger partial charge is 0.251 e. The van der Waals surface area contributed by atoms with Gasteiger partial charge >= 0.3 is 0 Å². The lowest BCUT2D eigenvalue weighted by molar-refractivity contribution is 0.0944. The average Bonchev–Trinajstić information content (AvgIpc) is 2.58. The van der Waals surface area contributed by atoms with Gasteiger partial charge in [0.25, 0.3) is 5.91 Å². The van der Waals surface area contributed by atoms with Gasteiger partial charge in [0, 0.05) is 30.4 Å². The van der Waals surface area contributed by atoms with Crippen molar-refractivity contribution in [1.82, 2.24) is 5.32 Å². The number of benzene rings is 2. The third-order valence-electron chi connectivity index (χ3n) is 3.46. The van der Waals surface area contributed by atoms with Gasteiger partial charge in [-0.2, -0.15) is 0 Å². The molecule has 2 aromatic rings. The van der Waals surface area contributed by atoms with Gasteiger partial charge in [0.1, 0.15) is 18.2 Å². The molecule has 2 aromatic carbocycles. The van der Waals surface area contributed by atoms with E-state index in [1.807, 2.05) is 13.0 Å². The number of anilines is 1. The Labute approximate surface area is 140 Å². The number of hydrogen-bond acceptors (Lipinski definition) is 4. The van der Waals surface area contributed by atoms with E-state index in [9.17, 15) is 9.18 Å². The van der Waals surface area contributed by atoms with Crippen LogP contribution in [-0.2, 0) is 0 Å². The second kappa shape index (κ2) is 8.88. The predicted octanol–water partition coefficient (Wildman–Crippen LogP) is 2.35. The number of hydrogen-bond donors (Lipinski definition) is 3. The summed E-state index contributed by atoms with van der Waals surface area (Å²) >= 11 is 0. The molecule has 3 N–H and O–H groups in total. The Bertz CT molecular complexity index is 692. The van der Waals surface area contributed by atoms with Crippen molar-refractivity contribution in [2.75, 3.05) is 31.6 Å². The zero-order chi connectivity index (χ0) is 17.4. The molecule has 128 valence electrons. The lowest BCUT2D eigenvalue weighted by atomic mass is 10.1. The predicted molar refractivity (Wildman–Crippen MR) is 91.0 cm³/mol. The number of amides is 1. The number of halogens is 1. The van der Waals surface area contributed by atoms with E-state index in [-0.39, 0.29) is 24.9 Å². The normalized spacial score (nSPS) is 10.3. The third-order valence-corrected chi connectivity index (χ3v) is 3.46. The molecule has 1 amide bonds. The van der Waals surface area contributed by atoms with E-state index in [0.717, 1.165) is 11.3 Å². The Kier molecular flexibility index (Phi) is 6.57. The molecule has 0 aliphatic rings. The minimum Gasteiger partial charge on any atom is -0.492 e. The van der Waals surface area contributed by atoms with Gasteiger partial charge in [-0.25, -0.2) is 4.39 Å². The maximum Gasteiger partial charge on any atom is 0.251 e. The first-order valence-electron chi connectivity index (χ1n) is 7.72. The van der Waals surface area contributed by atoms with Crippen molar-refractivity contribution in [3.8, 4) is 5.75 Å². The highest BCUT2D eigenvalue weighted by Crippen LogP contribution is 2.19. The second-order valence-corrected chi connectivity index (χ2v) is 5.19. The Morgan fingerprint density at radius 3 is 2.75 bits per heavy atom. The van der Waals surface area contributed by atoms with Crippen molar-refractivity contribution in [1.29, 1.82) is 0 Å². The van der Waals surface area contributed by atoms with Crippen LogP contribution in [0.4, 0.5) is 10.1 Å². The van der Waals surface area contributed by atoms with E-state index in [1.165, 1.54) is 12.1 Å². The maximum atomic E-state index is 13.1. The summed E-state index contributed by atoms with van der Waals surface area (Å²) in [5.41, 5.74) is 2.20. The first-order chi connectivity index (χ1) is 11.6. The fourth-order valence-electron chi connectivity index (χ4n) is 2.25. The molecule has 0 atom stereocenters. The quantitative estimate of drug-likeness (QED) is 0.649. The van der Waals surface area contributed by atoms with Gasteiger partial charge in [0.15, 0.2) is 0 Å². The van der Waals surface area contributed by atoms with Crippen LogP contribution in [0, 0.1) is 12.7 Å². The summed E-state index contributed by atoms with van der Waals surface area (Å²) in [7, 11) is 0. The highest BCUT2D eigenvalue weighted by Gasteiger charge is 2.10. The Morgan fingerprint density at radius 2 is 2.00 bits per heavy atom. The monoisotopic (exact) mass is 332 g/mol. The average molecular weight is 332 g/mol. The lowest BCUT2D eigenvalue weighted by Gasteiger charge is -2.13. The van der Waals surface area contributed by atoms with Crippen LogP contribution in [0.1, 0.15) is 15.9 Å². The Balaban J connectivity index is 1.89. The topological polar surface area (TPSA) is 70.6 Å². The number of aliphatic hydroxyl groups is 1. The minimum absolute atomic E-state index is 0.0971. The molecule has 0 bridgehead atoms. The fourth-order valence-corrected chi connectivity index (χ4v) is 2.25. The van der Waals surface area contributed by atoms with Gasteiger partial charge in [-0.3, -0.25) is 4.79 Å². The highest BCUT2D eigenvalue weighted by atomic mass is 19.1. The molecular weight excluding hydrogens is 311 g/mol. The molecule has 6 heteroatoms.